The number of H-pyrrole nitrogens is 1. The van der Waals surface area contributed by atoms with E-state index in [4.69, 9.17) is 0 Å². The Kier molecular flexibility index (Phi) is 3.89. The standard InChI is InChI=1S/C14H17N3O/c1-10(2)7-8-15-9-13-16-12-6-4-3-5-11(12)14(18)17-13/h3-7,15H,8-9H2,1-2H3,(H,16,17,18). The van der Waals surface area contributed by atoms with Crippen molar-refractivity contribution in [3.63, 3.8) is 0 Å². The number of nitrogens with one attached hydrogen (secondary N) is 2. The molecule has 94 valence electrons. The van der Waals surface area contributed by atoms with E-state index >= 15 is 0 Å². The smallest absolute Gasteiger partial charge is 0.258 e. The highest BCUT2D eigenvalue weighted by Gasteiger charge is 2.01. The lowest BCUT2D eigenvalue weighted by atomic mass is 10.2. The third kappa shape index (κ3) is 3.05. The van der Waals surface area contributed by atoms with Gasteiger partial charge in [-0.3, -0.25) is 4.79 Å². The zero-order valence-electron chi connectivity index (χ0n) is 10.7. The van der Waals surface area contributed by atoms with E-state index in [2.05, 4.69) is 35.2 Å². The van der Waals surface area contributed by atoms with Crippen LogP contribution in [0.15, 0.2) is 40.7 Å². The summed E-state index contributed by atoms with van der Waals surface area (Å²) in [7, 11) is 0. The summed E-state index contributed by atoms with van der Waals surface area (Å²) in [5, 5.41) is 3.85. The number of rotatable bonds is 4. The number of fused-ring (bicyclic) bond motifs is 1. The molecule has 0 aliphatic heterocycles. The molecule has 0 atom stereocenters. The summed E-state index contributed by atoms with van der Waals surface area (Å²) >= 11 is 0. The maximum absolute atomic E-state index is 11.8. The Morgan fingerprint density at radius 3 is 2.94 bits per heavy atom. The van der Waals surface area contributed by atoms with Crippen molar-refractivity contribution in [2.75, 3.05) is 6.54 Å². The summed E-state index contributed by atoms with van der Waals surface area (Å²) in [4.78, 5) is 19.0. The normalized spacial score (nSPS) is 10.6. The molecule has 1 aromatic carbocycles. The molecule has 18 heavy (non-hydrogen) atoms. The van der Waals surface area contributed by atoms with E-state index in [1.54, 1.807) is 6.07 Å². The summed E-state index contributed by atoms with van der Waals surface area (Å²) < 4.78 is 0. The van der Waals surface area contributed by atoms with Gasteiger partial charge in [-0.05, 0) is 26.0 Å². The number of hydrogen-bond donors (Lipinski definition) is 2. The second kappa shape index (κ2) is 5.60. The second-order valence-electron chi connectivity index (χ2n) is 4.44. The highest BCUT2D eigenvalue weighted by Crippen LogP contribution is 2.05. The van der Waals surface area contributed by atoms with Crippen LogP contribution < -0.4 is 10.9 Å². The van der Waals surface area contributed by atoms with Crippen LogP contribution >= 0.6 is 0 Å². The van der Waals surface area contributed by atoms with Gasteiger partial charge in [0.1, 0.15) is 5.82 Å². The molecule has 0 spiro atoms. The fourth-order valence-corrected chi connectivity index (χ4v) is 1.69. The molecule has 2 N–H and O–H groups in total. The minimum atomic E-state index is -0.0837. The molecule has 0 saturated heterocycles. The van der Waals surface area contributed by atoms with Gasteiger partial charge in [-0.2, -0.15) is 0 Å². The Hall–Kier alpha value is -1.94. The maximum Gasteiger partial charge on any atom is 0.258 e. The third-order valence-corrected chi connectivity index (χ3v) is 2.61. The van der Waals surface area contributed by atoms with Gasteiger partial charge in [0.25, 0.3) is 5.56 Å². The van der Waals surface area contributed by atoms with Gasteiger partial charge in [0.05, 0.1) is 17.4 Å². The maximum atomic E-state index is 11.8. The molecule has 0 fully saturated rings. The first-order valence-electron chi connectivity index (χ1n) is 5.99. The minimum absolute atomic E-state index is 0.0837. The van der Waals surface area contributed by atoms with E-state index in [1.807, 2.05) is 18.2 Å². The van der Waals surface area contributed by atoms with Crippen molar-refractivity contribution < 1.29 is 0 Å². The van der Waals surface area contributed by atoms with Crippen molar-refractivity contribution in [3.8, 4) is 0 Å². The van der Waals surface area contributed by atoms with Gasteiger partial charge in [-0.25, -0.2) is 4.98 Å². The van der Waals surface area contributed by atoms with Crippen LogP contribution in [0.5, 0.6) is 0 Å². The lowest BCUT2D eigenvalue weighted by Gasteiger charge is -2.03. The molecule has 0 amide bonds. The lowest BCUT2D eigenvalue weighted by Crippen LogP contribution is -2.19. The van der Waals surface area contributed by atoms with E-state index in [1.165, 1.54) is 5.57 Å². The molecule has 1 aromatic heterocycles. The van der Waals surface area contributed by atoms with E-state index in [9.17, 15) is 4.79 Å². The predicted octanol–water partition coefficient (Wildman–Crippen LogP) is 1.98. The molecule has 0 unspecified atom stereocenters. The number of hydrogen-bond acceptors (Lipinski definition) is 3. The molecular weight excluding hydrogens is 226 g/mol. The highest BCUT2D eigenvalue weighted by atomic mass is 16.1. The Morgan fingerprint density at radius 1 is 1.39 bits per heavy atom. The number of aromatic nitrogens is 2. The van der Waals surface area contributed by atoms with Crippen LogP contribution in [-0.4, -0.2) is 16.5 Å². The van der Waals surface area contributed by atoms with Crippen molar-refractivity contribution in [1.82, 2.24) is 15.3 Å². The van der Waals surface area contributed by atoms with Crippen LogP contribution in [0.1, 0.15) is 19.7 Å². The molecule has 1 heterocycles. The quantitative estimate of drug-likeness (QED) is 0.637. The van der Waals surface area contributed by atoms with E-state index in [0.717, 1.165) is 12.1 Å². The van der Waals surface area contributed by atoms with E-state index < -0.39 is 0 Å². The molecule has 2 aromatic rings. The van der Waals surface area contributed by atoms with Crippen LogP contribution in [0, 0.1) is 0 Å². The summed E-state index contributed by atoms with van der Waals surface area (Å²) in [5.74, 6) is 0.667. The number of para-hydroxylation sites is 1. The predicted molar refractivity (Wildman–Crippen MR) is 73.5 cm³/mol. The molecule has 4 heteroatoms. The fourth-order valence-electron chi connectivity index (χ4n) is 1.69. The van der Waals surface area contributed by atoms with Gasteiger partial charge in [0.2, 0.25) is 0 Å². The summed E-state index contributed by atoms with van der Waals surface area (Å²) in [5.41, 5.74) is 1.92. The van der Waals surface area contributed by atoms with E-state index in [0.29, 0.717) is 17.8 Å². The molecule has 0 radical (unpaired) electrons. The molecule has 0 aliphatic carbocycles. The second-order valence-corrected chi connectivity index (χ2v) is 4.44. The number of nitrogens with zero attached hydrogens (tertiary/aromatic N) is 1. The van der Waals surface area contributed by atoms with Gasteiger partial charge >= 0.3 is 0 Å². The average Bonchev–Trinajstić information content (AvgIpc) is 2.35. The minimum Gasteiger partial charge on any atom is -0.309 e. The van der Waals surface area contributed by atoms with Gasteiger partial charge < -0.3 is 10.3 Å². The van der Waals surface area contributed by atoms with Crippen molar-refractivity contribution in [3.05, 3.63) is 52.1 Å². The zero-order chi connectivity index (χ0) is 13.0. The molecule has 0 bridgehead atoms. The van der Waals surface area contributed by atoms with Crippen molar-refractivity contribution in [2.24, 2.45) is 0 Å². The Morgan fingerprint density at radius 2 is 2.17 bits per heavy atom. The van der Waals surface area contributed by atoms with Crippen LogP contribution in [-0.2, 0) is 6.54 Å². The Bertz CT molecular complexity index is 624. The van der Waals surface area contributed by atoms with Crippen LogP contribution in [0.2, 0.25) is 0 Å². The first-order valence-corrected chi connectivity index (χ1v) is 5.99. The van der Waals surface area contributed by atoms with Gasteiger partial charge in [-0.15, -0.1) is 0 Å². The summed E-state index contributed by atoms with van der Waals surface area (Å²) in [6.45, 7) is 5.44. The lowest BCUT2D eigenvalue weighted by molar-refractivity contribution is 0.715. The zero-order valence-corrected chi connectivity index (χ0v) is 10.7. The molecular formula is C14H17N3O. The van der Waals surface area contributed by atoms with Crippen molar-refractivity contribution in [1.29, 1.82) is 0 Å². The molecule has 2 rings (SSSR count). The number of allylic oxidation sites excluding steroid dienone is 1. The van der Waals surface area contributed by atoms with Gasteiger partial charge in [-0.1, -0.05) is 23.8 Å². The van der Waals surface area contributed by atoms with Crippen LogP contribution in [0.4, 0.5) is 0 Å². The summed E-state index contributed by atoms with van der Waals surface area (Å²) in [6, 6.07) is 7.35. The topological polar surface area (TPSA) is 57.8 Å². The Labute approximate surface area is 106 Å². The van der Waals surface area contributed by atoms with Gasteiger partial charge in [0, 0.05) is 6.54 Å². The van der Waals surface area contributed by atoms with Crippen molar-refractivity contribution >= 4 is 10.9 Å². The molecule has 0 aliphatic rings. The third-order valence-electron chi connectivity index (χ3n) is 2.61. The first-order chi connectivity index (χ1) is 8.66. The van der Waals surface area contributed by atoms with E-state index in [-0.39, 0.29) is 5.56 Å². The molecule has 4 nitrogen and oxygen atoms in total. The average molecular weight is 243 g/mol. The highest BCUT2D eigenvalue weighted by molar-refractivity contribution is 5.77. The fraction of sp³-hybridized carbons (Fsp3) is 0.286. The Balaban J connectivity index is 2.15. The largest absolute Gasteiger partial charge is 0.309 e. The van der Waals surface area contributed by atoms with Crippen molar-refractivity contribution in [2.45, 2.75) is 20.4 Å². The molecule has 0 saturated carbocycles. The number of aromatic amines is 1. The van der Waals surface area contributed by atoms with Gasteiger partial charge in [0.15, 0.2) is 0 Å². The summed E-state index contributed by atoms with van der Waals surface area (Å²) in [6.07, 6.45) is 2.10. The van der Waals surface area contributed by atoms with Crippen LogP contribution in [0.3, 0.4) is 0 Å². The first kappa shape index (κ1) is 12.5. The SMILES string of the molecule is CC(C)=CCNCc1nc2ccccc2c(=O)[nH]1. The van der Waals surface area contributed by atoms with Crippen LogP contribution in [0.25, 0.3) is 10.9 Å². The number of benzene rings is 1. The monoisotopic (exact) mass is 243 g/mol.